The minimum Gasteiger partial charge on any atom is -0.504 e. The van der Waals surface area contributed by atoms with Crippen molar-refractivity contribution in [2.24, 2.45) is 40.5 Å². The molecule has 4 aliphatic heterocycles. The number of isocyanates is 1. The summed E-state index contributed by atoms with van der Waals surface area (Å²) in [5.41, 5.74) is 5.58. The molecule has 0 spiro atoms. The molecule has 0 radical (unpaired) electrons. The number of aromatic hydroxyl groups is 4. The number of nitrogens with zero attached hydrogens (tertiary/aromatic N) is 5. The number of piperidine rings is 4. The lowest BCUT2D eigenvalue weighted by molar-refractivity contribution is -0.135. The average molecular weight is 2130 g/mol. The number of halogens is 5. The van der Waals surface area contributed by atoms with Gasteiger partial charge in [-0.2, -0.15) is 0 Å². The molecule has 4 saturated heterocycles. The Hall–Kier alpha value is -9.85. The number of nitrogens with one attached hydrogen (secondary N) is 4. The quantitative estimate of drug-likeness (QED) is 0.00439. The number of alkyl halides is 5. The Morgan fingerprint density at radius 1 is 0.288 bits per heavy atom. The van der Waals surface area contributed by atoms with Crippen LogP contribution in [0.3, 0.4) is 0 Å². The number of phenolic OH excluding ortho intramolecular Hbond substituents is 4. The molecule has 30 nitrogen and oxygen atoms in total. The lowest BCUT2D eigenvalue weighted by Gasteiger charge is -2.26. The van der Waals surface area contributed by atoms with Gasteiger partial charge in [0.15, 0.2) is 69.0 Å². The minimum atomic E-state index is -0.722. The van der Waals surface area contributed by atoms with E-state index in [1.165, 1.54) is 134 Å². The van der Waals surface area contributed by atoms with E-state index in [0.717, 1.165) is 125 Å². The fraction of sp³-hybridized carbons (Fsp3) is 0.595. The summed E-state index contributed by atoms with van der Waals surface area (Å²) in [6.07, 6.45) is 29.6. The molecule has 5 fully saturated rings. The van der Waals surface area contributed by atoms with E-state index in [4.69, 9.17) is 95.9 Å². The summed E-state index contributed by atoms with van der Waals surface area (Å²) in [5.74, 6) is 2.12. The van der Waals surface area contributed by atoms with Crippen molar-refractivity contribution >= 4 is 112 Å². The van der Waals surface area contributed by atoms with Crippen molar-refractivity contribution in [3.8, 4) is 69.0 Å². The second kappa shape index (κ2) is 71.7. The van der Waals surface area contributed by atoms with Gasteiger partial charge in [0, 0.05) is 94.4 Å². The van der Waals surface area contributed by atoms with Crippen molar-refractivity contribution < 1.29 is 101 Å². The molecular formula is C111H158Cl5N9O21. The van der Waals surface area contributed by atoms with Gasteiger partial charge in [-0.15, -0.1) is 58.0 Å². The van der Waals surface area contributed by atoms with Crippen LogP contribution in [-0.4, -0.2) is 235 Å². The number of carbonyl (C=O) groups excluding carboxylic acids is 9. The standard InChI is InChI=1S/C52H80N6O8.C32H40Cl4N2O8.C18H22O4.C6H12.C3H4ClNO/c1-41(37-43-20-22-46(65-51(61)53-23-35-57-29-11-5-12-30-57)47(39-43)64-50(60)18-16-34-56-27-9-4-10-28-56)42(2)38-44-19-21-45(63-49(59)17-15-33-55-25-7-3-8-26-55)48(40-44)66-52(62)54-24-36-58-31-13-6-14-32-58;1-21(17-23-8-10-26(45-31(41)37-15-13-35)27(19-23)44-30(40)6-4-12-34)22(2)18-24-7-9-25(43-29(39)5-3-11-33)28(20-24)46-32(42)38-16-14-36;1-11(7-13-3-5-15(19)17(21)9-13)12(2)8-14-4-6-16(20)18(22)10-14;1-2-4-6-5-3-1;4-1-2-5-3-6/h19-22,39-42H,3-18,23-38H2,1-2H3,(H,53,61)(H,54,62);7-10,19-22H,3-6,11-18H2,1-2H3,(H,37,41)(H,38,42);3-6,9-12,19-22H,7-8H2,1-2H3;1-6H2;1-2H2/t41-,42+;21-,22+;11-,12+;;/m00.../s1. The number of hydrogen-bond acceptors (Lipinski definition) is 26. The number of likely N-dealkylation sites (tertiary alicyclic amines) is 4. The zero-order chi connectivity index (χ0) is 106. The summed E-state index contributed by atoms with van der Waals surface area (Å²) in [6.45, 7) is 26.3. The first kappa shape index (κ1) is 123. The van der Waals surface area contributed by atoms with E-state index in [-0.39, 0.29) is 155 Å². The highest BCUT2D eigenvalue weighted by Crippen LogP contribution is 2.39. The van der Waals surface area contributed by atoms with Crippen molar-refractivity contribution in [2.45, 2.75) is 247 Å². The van der Waals surface area contributed by atoms with E-state index < -0.39 is 36.3 Å². The van der Waals surface area contributed by atoms with Crippen molar-refractivity contribution in [1.82, 2.24) is 40.9 Å². The van der Waals surface area contributed by atoms with Crippen LogP contribution in [0.15, 0.2) is 114 Å². The van der Waals surface area contributed by atoms with Crippen LogP contribution in [0.1, 0.15) is 242 Å². The first-order valence-corrected chi connectivity index (χ1v) is 55.1. The van der Waals surface area contributed by atoms with Crippen LogP contribution < -0.4 is 59.2 Å². The topological polar surface area (TPSA) is 382 Å². The molecule has 6 aromatic carbocycles. The maximum Gasteiger partial charge on any atom is 0.412 e. The van der Waals surface area contributed by atoms with E-state index in [0.29, 0.717) is 100 Å². The van der Waals surface area contributed by atoms with Gasteiger partial charge in [0.2, 0.25) is 6.08 Å². The van der Waals surface area contributed by atoms with Crippen LogP contribution in [0.2, 0.25) is 0 Å². The lowest BCUT2D eigenvalue weighted by atomic mass is 9.85. The number of hydrogen-bond donors (Lipinski definition) is 8. The van der Waals surface area contributed by atoms with Gasteiger partial charge in [0.05, 0.1) is 6.54 Å². The molecule has 0 bridgehead atoms. The van der Waals surface area contributed by atoms with E-state index in [9.17, 15) is 63.6 Å². The van der Waals surface area contributed by atoms with Gasteiger partial charge in [-0.05, 0) is 323 Å². The van der Waals surface area contributed by atoms with Crippen LogP contribution in [-0.2, 0) is 62.5 Å². The maximum atomic E-state index is 13.2. The Balaban J connectivity index is 0.000000308. The number of amides is 4. The third-order valence-electron chi connectivity index (χ3n) is 26.5. The molecule has 4 amide bonds. The zero-order valence-corrected chi connectivity index (χ0v) is 90.2. The third-order valence-corrected chi connectivity index (χ3v) is 27.6. The molecule has 1 saturated carbocycles. The summed E-state index contributed by atoms with van der Waals surface area (Å²) < 4.78 is 45.2. The van der Waals surface area contributed by atoms with Gasteiger partial charge < -0.3 is 99.2 Å². The first-order valence-electron chi connectivity index (χ1n) is 52.5. The van der Waals surface area contributed by atoms with Gasteiger partial charge in [-0.3, -0.25) is 19.2 Å². The van der Waals surface area contributed by atoms with E-state index >= 15 is 0 Å². The van der Waals surface area contributed by atoms with E-state index in [1.54, 1.807) is 48.5 Å². The highest BCUT2D eigenvalue weighted by atomic mass is 35.5. The summed E-state index contributed by atoms with van der Waals surface area (Å²) in [5, 5.41) is 48.6. The normalized spacial score (nSPS) is 15.6. The summed E-state index contributed by atoms with van der Waals surface area (Å²) >= 11 is 27.8. The Morgan fingerprint density at radius 2 is 0.521 bits per heavy atom. The molecule has 0 unspecified atom stereocenters. The van der Waals surface area contributed by atoms with Gasteiger partial charge in [-0.1, -0.05) is 142 Å². The second-order valence-corrected chi connectivity index (χ2v) is 40.5. The van der Waals surface area contributed by atoms with Gasteiger partial charge in [0.1, 0.15) is 0 Å². The zero-order valence-electron chi connectivity index (χ0n) is 86.4. The number of rotatable bonds is 49. The molecule has 808 valence electrons. The highest BCUT2D eigenvalue weighted by molar-refractivity contribution is 6.19. The summed E-state index contributed by atoms with van der Waals surface area (Å²) in [4.78, 5) is 123. The Kier molecular flexibility index (Phi) is 60.5. The largest absolute Gasteiger partial charge is 0.504 e. The van der Waals surface area contributed by atoms with Crippen molar-refractivity contribution in [1.29, 1.82) is 0 Å². The van der Waals surface area contributed by atoms with Gasteiger partial charge in [-0.25, -0.2) is 29.0 Å². The van der Waals surface area contributed by atoms with Crippen LogP contribution in [0.25, 0.3) is 0 Å². The molecular weight excluding hydrogens is 1970 g/mol. The molecule has 4 heterocycles. The molecule has 6 atom stereocenters. The van der Waals surface area contributed by atoms with Crippen molar-refractivity contribution in [3.05, 3.63) is 143 Å². The number of esters is 4. The van der Waals surface area contributed by atoms with E-state index in [2.05, 4.69) is 87.4 Å². The van der Waals surface area contributed by atoms with E-state index in [1.807, 2.05) is 48.5 Å². The summed E-state index contributed by atoms with van der Waals surface area (Å²) in [7, 11) is 0. The molecule has 6 aromatic rings. The molecule has 5 aliphatic rings. The highest BCUT2D eigenvalue weighted by Gasteiger charge is 2.27. The third kappa shape index (κ3) is 50.4. The number of benzene rings is 6. The van der Waals surface area contributed by atoms with Crippen LogP contribution in [0.4, 0.5) is 19.2 Å². The fourth-order valence-corrected chi connectivity index (χ4v) is 18.1. The van der Waals surface area contributed by atoms with Gasteiger partial charge in [0.25, 0.3) is 0 Å². The minimum absolute atomic E-state index is 0.0965. The monoisotopic (exact) mass is 2130 g/mol. The number of ether oxygens (including phenoxy) is 8. The predicted molar refractivity (Wildman–Crippen MR) is 574 cm³/mol. The second-order valence-electron chi connectivity index (χ2n) is 38.6. The number of phenols is 4. The Morgan fingerprint density at radius 3 is 0.781 bits per heavy atom. The average Bonchev–Trinajstić information content (AvgIpc) is 0.834. The molecule has 8 N–H and O–H groups in total. The van der Waals surface area contributed by atoms with Crippen LogP contribution >= 0.6 is 58.0 Å². The number of carbonyl (C=O) groups is 8. The Labute approximate surface area is 888 Å². The molecule has 146 heavy (non-hydrogen) atoms. The number of aliphatic imine (C=N–C) groups is 1. The van der Waals surface area contributed by atoms with Crippen LogP contribution in [0.5, 0.6) is 69.0 Å². The Bertz CT molecular complexity index is 4640. The predicted octanol–water partition coefficient (Wildman–Crippen LogP) is 22.0. The first-order chi connectivity index (χ1) is 70.5. The SMILES string of the molecule is C1CCCCC1.C[C@H](Cc1ccc(O)c(O)c1)[C@@H](C)Cc1ccc(O)c(O)c1.C[C@H](Cc1ccc(OC(=O)CCCCl)c(OC(=O)NCCCl)c1)[C@@H](C)Cc1ccc(OC(=O)NCCCl)c(OC(=O)CCCCl)c1.C[C@H](Cc1ccc(OC(=O)CCCN2CCCCC2)c(OC(=O)NCCN2CCCCC2)c1)[C@@H](C)Cc1ccc(OC(=O)NCCN2CCCCC2)c(OC(=O)CCCN2CCCCC2)c1.O=C=NCCCl. The van der Waals surface area contributed by atoms with Gasteiger partial charge >= 0.3 is 48.3 Å². The smallest absolute Gasteiger partial charge is 0.412 e. The van der Waals surface area contributed by atoms with Crippen molar-refractivity contribution in [3.63, 3.8) is 0 Å². The molecule has 1 aliphatic carbocycles. The van der Waals surface area contributed by atoms with Crippen molar-refractivity contribution in [2.75, 3.05) is 141 Å². The molecule has 11 rings (SSSR count). The maximum absolute atomic E-state index is 13.2. The lowest BCUT2D eigenvalue weighted by Crippen LogP contribution is -2.38. The van der Waals surface area contributed by atoms with Crippen LogP contribution in [0, 0.1) is 35.5 Å². The summed E-state index contributed by atoms with van der Waals surface area (Å²) in [6, 6.07) is 30.9. The molecule has 35 heteroatoms. The molecule has 0 aromatic heterocycles. The fourth-order valence-electron chi connectivity index (χ4n) is 17.6.